The lowest BCUT2D eigenvalue weighted by atomic mass is 10.2. The maximum atomic E-state index is 12.5. The zero-order valence-electron chi connectivity index (χ0n) is 16.9. The number of piperazine rings is 1. The first-order chi connectivity index (χ1) is 14.6. The van der Waals surface area contributed by atoms with E-state index in [4.69, 9.17) is 4.42 Å². The monoisotopic (exact) mass is 424 g/mol. The van der Waals surface area contributed by atoms with Gasteiger partial charge in [-0.05, 0) is 37.6 Å². The first-order valence-electron chi connectivity index (χ1n) is 10.1. The Bertz CT molecular complexity index is 1010. The Morgan fingerprint density at radius 1 is 1.00 bits per heavy atom. The number of aryl methyl sites for hydroxylation is 2. The van der Waals surface area contributed by atoms with E-state index in [2.05, 4.69) is 10.2 Å². The molecule has 30 heavy (non-hydrogen) atoms. The van der Waals surface area contributed by atoms with E-state index in [-0.39, 0.29) is 11.8 Å². The Hall–Kier alpha value is -3.00. The third-order valence-corrected chi connectivity index (χ3v) is 6.13. The van der Waals surface area contributed by atoms with Crippen LogP contribution in [0.25, 0.3) is 11.5 Å². The number of hydrogen-bond donors (Lipinski definition) is 0. The Kier molecular flexibility index (Phi) is 6.23. The lowest BCUT2D eigenvalue weighted by Gasteiger charge is -2.34. The summed E-state index contributed by atoms with van der Waals surface area (Å²) in [4.78, 5) is 30.6. The summed E-state index contributed by atoms with van der Waals surface area (Å²) in [5.41, 5.74) is 0.887. The summed E-state index contributed by atoms with van der Waals surface area (Å²) in [6, 6.07) is 13.5. The number of carbonyl (C=O) groups excluding carboxylic acids is 2. The number of benzene rings is 1. The van der Waals surface area contributed by atoms with Crippen LogP contribution in [0.3, 0.4) is 0 Å². The maximum absolute atomic E-state index is 12.5. The summed E-state index contributed by atoms with van der Waals surface area (Å²) < 4.78 is 5.69. The fraction of sp³-hybridized carbons (Fsp3) is 0.364. The van der Waals surface area contributed by atoms with Gasteiger partial charge < -0.3 is 14.2 Å². The van der Waals surface area contributed by atoms with Gasteiger partial charge in [0.25, 0.3) is 5.91 Å². The fourth-order valence-corrected chi connectivity index (χ4v) is 4.30. The van der Waals surface area contributed by atoms with Gasteiger partial charge in [0, 0.05) is 49.5 Å². The van der Waals surface area contributed by atoms with E-state index < -0.39 is 0 Å². The quantitative estimate of drug-likeness (QED) is 0.606. The first-order valence-corrected chi connectivity index (χ1v) is 10.9. The van der Waals surface area contributed by atoms with Crippen molar-refractivity contribution in [2.75, 3.05) is 26.2 Å². The second-order valence-corrected chi connectivity index (χ2v) is 8.59. The number of thiophene rings is 1. The molecule has 1 aliphatic heterocycles. The van der Waals surface area contributed by atoms with E-state index >= 15 is 0 Å². The highest BCUT2D eigenvalue weighted by atomic mass is 32.1. The van der Waals surface area contributed by atoms with Crippen LogP contribution in [0.1, 0.15) is 33.3 Å². The van der Waals surface area contributed by atoms with Crippen LogP contribution in [0.4, 0.5) is 0 Å². The van der Waals surface area contributed by atoms with E-state index in [0.717, 1.165) is 15.3 Å². The first kappa shape index (κ1) is 20.3. The van der Waals surface area contributed by atoms with Crippen LogP contribution >= 0.6 is 11.3 Å². The molecule has 0 aliphatic carbocycles. The molecule has 0 radical (unpaired) electrons. The van der Waals surface area contributed by atoms with Crippen LogP contribution in [0.5, 0.6) is 0 Å². The normalized spacial score (nSPS) is 14.2. The number of rotatable bonds is 6. The van der Waals surface area contributed by atoms with Gasteiger partial charge in [-0.3, -0.25) is 9.59 Å². The van der Waals surface area contributed by atoms with Gasteiger partial charge in [0.05, 0.1) is 4.88 Å². The topological polar surface area (TPSA) is 79.5 Å². The van der Waals surface area contributed by atoms with Crippen molar-refractivity contribution in [3.05, 3.63) is 58.1 Å². The molecule has 1 aliphatic rings. The summed E-state index contributed by atoms with van der Waals surface area (Å²) in [6.07, 6.45) is 1.66. The predicted octanol–water partition coefficient (Wildman–Crippen LogP) is 3.41. The van der Waals surface area contributed by atoms with Crippen molar-refractivity contribution in [2.24, 2.45) is 0 Å². The summed E-state index contributed by atoms with van der Waals surface area (Å²) in [5, 5.41) is 8.15. The third kappa shape index (κ3) is 4.76. The Labute approximate surface area is 179 Å². The third-order valence-electron chi connectivity index (χ3n) is 5.14. The molecule has 1 saturated heterocycles. The Morgan fingerprint density at radius 2 is 1.73 bits per heavy atom. The van der Waals surface area contributed by atoms with Gasteiger partial charge in [-0.25, -0.2) is 0 Å². The zero-order chi connectivity index (χ0) is 20.9. The van der Waals surface area contributed by atoms with Crippen molar-refractivity contribution in [3.8, 4) is 11.5 Å². The molecule has 0 bridgehead atoms. The highest BCUT2D eigenvalue weighted by Crippen LogP contribution is 2.19. The van der Waals surface area contributed by atoms with E-state index in [9.17, 15) is 9.59 Å². The molecule has 4 rings (SSSR count). The minimum absolute atomic E-state index is 0.0609. The minimum atomic E-state index is 0.0609. The number of nitrogens with zero attached hydrogens (tertiary/aromatic N) is 4. The van der Waals surface area contributed by atoms with Crippen molar-refractivity contribution in [1.82, 2.24) is 20.0 Å². The van der Waals surface area contributed by atoms with Gasteiger partial charge in [0.1, 0.15) is 0 Å². The molecule has 2 aromatic heterocycles. The van der Waals surface area contributed by atoms with Crippen molar-refractivity contribution in [3.63, 3.8) is 0 Å². The molecule has 3 aromatic rings. The average Bonchev–Trinajstić information content (AvgIpc) is 3.43. The van der Waals surface area contributed by atoms with Crippen molar-refractivity contribution in [1.29, 1.82) is 0 Å². The average molecular weight is 425 g/mol. The molecular weight excluding hydrogens is 400 g/mol. The highest BCUT2D eigenvalue weighted by Gasteiger charge is 2.25. The number of amides is 2. The molecule has 0 N–H and O–H groups in total. The van der Waals surface area contributed by atoms with Gasteiger partial charge in [0.15, 0.2) is 0 Å². The fourth-order valence-electron chi connectivity index (χ4n) is 3.47. The molecule has 156 valence electrons. The van der Waals surface area contributed by atoms with Crippen LogP contribution in [-0.4, -0.2) is 58.0 Å². The van der Waals surface area contributed by atoms with E-state index in [1.807, 2.05) is 59.2 Å². The van der Waals surface area contributed by atoms with Gasteiger partial charge in [-0.15, -0.1) is 21.5 Å². The molecule has 7 nitrogen and oxygen atoms in total. The van der Waals surface area contributed by atoms with E-state index in [1.165, 1.54) is 11.3 Å². The lowest BCUT2D eigenvalue weighted by molar-refractivity contribution is -0.132. The number of hydrogen-bond acceptors (Lipinski definition) is 6. The van der Waals surface area contributed by atoms with Crippen LogP contribution in [0, 0.1) is 6.92 Å². The van der Waals surface area contributed by atoms with Gasteiger partial charge in [0.2, 0.25) is 17.7 Å². The number of aromatic nitrogens is 2. The minimum Gasteiger partial charge on any atom is -0.421 e. The largest absolute Gasteiger partial charge is 0.421 e. The number of carbonyl (C=O) groups is 2. The summed E-state index contributed by atoms with van der Waals surface area (Å²) in [6.45, 7) is 4.30. The Balaban J connectivity index is 1.21. The molecule has 0 saturated carbocycles. The lowest BCUT2D eigenvalue weighted by Crippen LogP contribution is -2.50. The van der Waals surface area contributed by atoms with E-state index in [1.54, 1.807) is 0 Å². The Morgan fingerprint density at radius 3 is 2.43 bits per heavy atom. The smallest absolute Gasteiger partial charge is 0.264 e. The van der Waals surface area contributed by atoms with Crippen molar-refractivity contribution < 1.29 is 14.0 Å². The summed E-state index contributed by atoms with van der Waals surface area (Å²) >= 11 is 1.51. The molecule has 2 amide bonds. The standard InChI is InChI=1S/C22H24N4O3S/c1-16-10-11-18(30-16)22(28)26-14-12-25(13-15-26)20(27)9-5-8-19-23-24-21(29-19)17-6-3-2-4-7-17/h2-4,6-7,10-11H,5,8-9,12-15H2,1H3. The molecule has 8 heteroatoms. The van der Waals surface area contributed by atoms with Crippen LogP contribution in [0.15, 0.2) is 46.9 Å². The maximum Gasteiger partial charge on any atom is 0.264 e. The molecule has 0 spiro atoms. The molecule has 1 fully saturated rings. The molecule has 3 heterocycles. The molecule has 1 aromatic carbocycles. The van der Waals surface area contributed by atoms with Crippen molar-refractivity contribution in [2.45, 2.75) is 26.2 Å². The van der Waals surface area contributed by atoms with E-state index in [0.29, 0.717) is 57.2 Å². The second kappa shape index (κ2) is 9.21. The van der Waals surface area contributed by atoms with Crippen molar-refractivity contribution >= 4 is 23.2 Å². The van der Waals surface area contributed by atoms with Gasteiger partial charge in [-0.2, -0.15) is 0 Å². The second-order valence-electron chi connectivity index (χ2n) is 7.30. The van der Waals surface area contributed by atoms with Crippen LogP contribution < -0.4 is 0 Å². The summed E-state index contributed by atoms with van der Waals surface area (Å²) in [5.74, 6) is 1.21. The summed E-state index contributed by atoms with van der Waals surface area (Å²) in [7, 11) is 0. The molecular formula is C22H24N4O3S. The predicted molar refractivity (Wildman–Crippen MR) is 114 cm³/mol. The SMILES string of the molecule is Cc1ccc(C(=O)N2CCN(C(=O)CCCc3nnc(-c4ccccc4)o3)CC2)s1. The van der Waals surface area contributed by atoms with Crippen LogP contribution in [0.2, 0.25) is 0 Å². The molecule has 0 unspecified atom stereocenters. The highest BCUT2D eigenvalue weighted by molar-refractivity contribution is 7.13. The van der Waals surface area contributed by atoms with Gasteiger partial charge in [-0.1, -0.05) is 18.2 Å². The van der Waals surface area contributed by atoms with Gasteiger partial charge >= 0.3 is 0 Å². The van der Waals surface area contributed by atoms with Crippen LogP contribution in [-0.2, 0) is 11.2 Å². The zero-order valence-corrected chi connectivity index (χ0v) is 17.7. The molecule has 0 atom stereocenters.